The Morgan fingerprint density at radius 1 is 1.22 bits per heavy atom. The summed E-state index contributed by atoms with van der Waals surface area (Å²) in [6, 6.07) is 0. The van der Waals surface area contributed by atoms with E-state index >= 15 is 0 Å². The van der Waals surface area contributed by atoms with E-state index in [1.165, 1.54) is 0 Å². The highest BCUT2D eigenvalue weighted by atomic mass is 16.8. The van der Waals surface area contributed by atoms with Gasteiger partial charge in [0.25, 0.3) is 0 Å². The molecule has 2 saturated heterocycles. The zero-order valence-corrected chi connectivity index (χ0v) is 14.4. The number of rotatable bonds is 4. The summed E-state index contributed by atoms with van der Waals surface area (Å²) in [5, 5.41) is 48.4. The van der Waals surface area contributed by atoms with Crippen LogP contribution in [0.5, 0.6) is 0 Å². The Hall–Kier alpha value is -1.76. The molecule has 9 atom stereocenters. The Kier molecular flexibility index (Phi) is 5.70. The normalized spacial score (nSPS) is 44.6. The predicted molar refractivity (Wildman–Crippen MR) is 82.6 cm³/mol. The summed E-state index contributed by atoms with van der Waals surface area (Å²) in [5.74, 6) is -3.23. The molecule has 0 aromatic heterocycles. The van der Waals surface area contributed by atoms with Crippen LogP contribution in [0.15, 0.2) is 11.8 Å². The summed E-state index contributed by atoms with van der Waals surface area (Å²) < 4.78 is 21.4. The molecule has 0 amide bonds. The van der Waals surface area contributed by atoms with Gasteiger partial charge in [-0.25, -0.2) is 4.79 Å². The second kappa shape index (κ2) is 7.70. The molecule has 27 heavy (non-hydrogen) atoms. The van der Waals surface area contributed by atoms with Gasteiger partial charge in [-0.3, -0.25) is 4.79 Å². The number of carbonyl (C=O) groups excluding carboxylic acids is 1. The molecular weight excluding hydrogens is 368 g/mol. The number of carbonyl (C=O) groups is 2. The van der Waals surface area contributed by atoms with Crippen molar-refractivity contribution in [1.82, 2.24) is 0 Å². The topological polar surface area (TPSA) is 172 Å². The van der Waals surface area contributed by atoms with E-state index < -0.39 is 73.5 Å². The van der Waals surface area contributed by atoms with E-state index in [0.717, 1.165) is 6.26 Å². The molecular formula is C16H22O11. The smallest absolute Gasteiger partial charge is 0.335 e. The average molecular weight is 390 g/mol. The molecule has 0 spiro atoms. The molecule has 11 heteroatoms. The minimum Gasteiger partial charge on any atom is -0.478 e. The maximum Gasteiger partial charge on any atom is 0.335 e. The number of hydrogen-bond acceptors (Lipinski definition) is 10. The van der Waals surface area contributed by atoms with Crippen LogP contribution in [0.4, 0.5) is 0 Å². The number of aliphatic hydroxyl groups excluding tert-OH is 4. The van der Waals surface area contributed by atoms with Crippen molar-refractivity contribution in [2.75, 3.05) is 6.61 Å². The Morgan fingerprint density at radius 2 is 1.93 bits per heavy atom. The molecule has 2 fully saturated rings. The van der Waals surface area contributed by atoms with Crippen molar-refractivity contribution in [2.24, 2.45) is 11.8 Å². The van der Waals surface area contributed by atoms with Gasteiger partial charge >= 0.3 is 11.9 Å². The fraction of sp³-hybridized carbons (Fsp3) is 0.750. The molecule has 0 aromatic rings. The van der Waals surface area contributed by atoms with E-state index in [0.29, 0.717) is 0 Å². The van der Waals surface area contributed by atoms with Crippen LogP contribution >= 0.6 is 0 Å². The van der Waals surface area contributed by atoms with E-state index in [4.69, 9.17) is 18.9 Å². The maximum absolute atomic E-state index is 11.7. The number of carboxylic acids is 1. The highest BCUT2D eigenvalue weighted by molar-refractivity contribution is 5.88. The third kappa shape index (κ3) is 3.66. The van der Waals surface area contributed by atoms with Crippen LogP contribution in [0.25, 0.3) is 0 Å². The highest BCUT2D eigenvalue weighted by Crippen LogP contribution is 2.41. The Balaban J connectivity index is 1.82. The number of fused-ring (bicyclic) bond motifs is 1. The Morgan fingerprint density at radius 3 is 2.56 bits per heavy atom. The van der Waals surface area contributed by atoms with Gasteiger partial charge in [0.1, 0.15) is 30.5 Å². The van der Waals surface area contributed by atoms with E-state index in [-0.39, 0.29) is 12.0 Å². The summed E-state index contributed by atoms with van der Waals surface area (Å²) >= 11 is 0. The van der Waals surface area contributed by atoms with Gasteiger partial charge in [-0.1, -0.05) is 0 Å². The van der Waals surface area contributed by atoms with Gasteiger partial charge in [-0.15, -0.1) is 0 Å². The molecule has 0 aliphatic carbocycles. The highest BCUT2D eigenvalue weighted by Gasteiger charge is 2.51. The Labute approximate surface area is 153 Å². The molecule has 3 rings (SSSR count). The fourth-order valence-electron chi connectivity index (χ4n) is 3.67. The minimum atomic E-state index is -1.64. The summed E-state index contributed by atoms with van der Waals surface area (Å²) in [6.45, 7) is 0.936. The first-order valence-electron chi connectivity index (χ1n) is 8.48. The van der Waals surface area contributed by atoms with Gasteiger partial charge in [-0.2, -0.15) is 0 Å². The third-order valence-corrected chi connectivity index (χ3v) is 5.12. The number of aliphatic carboxylic acids is 1. The first-order valence-corrected chi connectivity index (χ1v) is 8.48. The van der Waals surface area contributed by atoms with Crippen LogP contribution in [-0.2, 0) is 28.5 Å². The summed E-state index contributed by atoms with van der Waals surface area (Å²) in [5.41, 5.74) is -0.0999. The molecule has 3 aliphatic heterocycles. The van der Waals surface area contributed by atoms with E-state index in [1.807, 2.05) is 0 Å². The van der Waals surface area contributed by atoms with Crippen LogP contribution in [-0.4, -0.2) is 87.2 Å². The lowest BCUT2D eigenvalue weighted by molar-refractivity contribution is -0.346. The average Bonchev–Trinajstić information content (AvgIpc) is 2.61. The standard InChI is InChI=1S/C16H22O11/c1-5-10-6(2-9(18)25-5)7(14(22)23)4-24-15(10)27-16-13(21)12(20)11(19)8(3-17)26-16/h4-6,8,10-13,15-17,19-21H,2-3H2,1H3,(H,22,23)/t5?,6-,8-,10-,11-,12+,13-,15+,16-/m1/s1. The van der Waals surface area contributed by atoms with Gasteiger partial charge in [0.15, 0.2) is 6.29 Å². The van der Waals surface area contributed by atoms with Crippen LogP contribution in [0.3, 0.4) is 0 Å². The number of aliphatic hydroxyl groups is 4. The Bertz CT molecular complexity index is 617. The number of cyclic esters (lactones) is 1. The van der Waals surface area contributed by atoms with Gasteiger partial charge in [0.05, 0.1) is 30.8 Å². The first kappa shape index (κ1) is 20.0. The molecule has 0 aromatic carbocycles. The van der Waals surface area contributed by atoms with Crippen molar-refractivity contribution in [1.29, 1.82) is 0 Å². The van der Waals surface area contributed by atoms with Gasteiger partial charge in [0.2, 0.25) is 6.29 Å². The third-order valence-electron chi connectivity index (χ3n) is 5.12. The lowest BCUT2D eigenvalue weighted by Crippen LogP contribution is -2.61. The molecule has 11 nitrogen and oxygen atoms in total. The minimum absolute atomic E-state index is 0.0999. The van der Waals surface area contributed by atoms with Gasteiger partial charge < -0.3 is 44.5 Å². The summed E-state index contributed by atoms with van der Waals surface area (Å²) in [7, 11) is 0. The van der Waals surface area contributed by atoms with Crippen LogP contribution in [0, 0.1) is 11.8 Å². The van der Waals surface area contributed by atoms with E-state index in [2.05, 4.69) is 0 Å². The molecule has 0 saturated carbocycles. The van der Waals surface area contributed by atoms with Crippen LogP contribution < -0.4 is 0 Å². The molecule has 5 N–H and O–H groups in total. The largest absolute Gasteiger partial charge is 0.478 e. The van der Waals surface area contributed by atoms with Gasteiger partial charge in [-0.05, 0) is 6.92 Å². The summed E-state index contributed by atoms with van der Waals surface area (Å²) in [6.07, 6.45) is -8.54. The van der Waals surface area contributed by atoms with Crippen molar-refractivity contribution >= 4 is 11.9 Å². The van der Waals surface area contributed by atoms with Crippen LogP contribution in [0.2, 0.25) is 0 Å². The molecule has 0 radical (unpaired) electrons. The van der Waals surface area contributed by atoms with E-state index in [9.17, 15) is 35.1 Å². The number of ether oxygens (including phenoxy) is 4. The molecule has 1 unspecified atom stereocenters. The van der Waals surface area contributed by atoms with Crippen molar-refractivity contribution in [3.8, 4) is 0 Å². The second-order valence-corrected chi connectivity index (χ2v) is 6.80. The number of hydrogen-bond donors (Lipinski definition) is 5. The summed E-state index contributed by atoms with van der Waals surface area (Å²) in [4.78, 5) is 23.2. The maximum atomic E-state index is 11.7. The predicted octanol–water partition coefficient (Wildman–Crippen LogP) is -2.30. The van der Waals surface area contributed by atoms with Crippen molar-refractivity contribution in [2.45, 2.75) is 56.4 Å². The zero-order chi connectivity index (χ0) is 19.9. The van der Waals surface area contributed by atoms with E-state index in [1.54, 1.807) is 6.92 Å². The number of carboxylic acid groups (broad SMARTS) is 1. The van der Waals surface area contributed by atoms with Crippen molar-refractivity contribution in [3.63, 3.8) is 0 Å². The monoisotopic (exact) mass is 390 g/mol. The fourth-order valence-corrected chi connectivity index (χ4v) is 3.67. The lowest BCUT2D eigenvalue weighted by atomic mass is 9.77. The van der Waals surface area contributed by atoms with Crippen LogP contribution in [0.1, 0.15) is 13.3 Å². The van der Waals surface area contributed by atoms with Crippen molar-refractivity contribution < 1.29 is 54.1 Å². The second-order valence-electron chi connectivity index (χ2n) is 6.80. The van der Waals surface area contributed by atoms with Crippen molar-refractivity contribution in [3.05, 3.63) is 11.8 Å². The quantitative estimate of drug-likeness (QED) is 0.327. The lowest BCUT2D eigenvalue weighted by Gasteiger charge is -2.45. The first-order chi connectivity index (χ1) is 12.7. The van der Waals surface area contributed by atoms with Gasteiger partial charge in [0, 0.05) is 5.92 Å². The molecule has 152 valence electrons. The molecule has 0 bridgehead atoms. The number of esters is 1. The SMILES string of the molecule is CC1OC(=O)C[C@@H]2C(C(=O)O)=CO[C@@H](O[C@H]3O[C@H](CO)[C@@H](O)[C@H](O)[C@H]3O)[C@H]12. The molecule has 3 heterocycles. The zero-order valence-electron chi connectivity index (χ0n) is 14.4. The molecule has 3 aliphatic rings.